The fourth-order valence-corrected chi connectivity index (χ4v) is 2.62. The summed E-state index contributed by atoms with van der Waals surface area (Å²) in [6.45, 7) is 0.403. The molecular weight excluding hydrogens is 381 g/mol. The van der Waals surface area contributed by atoms with Crippen LogP contribution in [-0.2, 0) is 22.2 Å². The van der Waals surface area contributed by atoms with Crippen LogP contribution in [0.4, 0.5) is 18.9 Å². The molecule has 0 saturated carbocycles. The average Bonchev–Trinajstić information content (AvgIpc) is 2.60. The fraction of sp³-hybridized carbons (Fsp3) is 0.263. The molecule has 27 heavy (non-hydrogen) atoms. The highest BCUT2D eigenvalue weighted by atomic mass is 35.5. The van der Waals surface area contributed by atoms with E-state index in [1.165, 1.54) is 6.07 Å². The van der Waals surface area contributed by atoms with Crippen molar-refractivity contribution in [2.24, 2.45) is 0 Å². The molecule has 0 fully saturated rings. The molecule has 0 saturated heterocycles. The Kier molecular flexibility index (Phi) is 7.24. The topological polar surface area (TPSA) is 58.2 Å². The van der Waals surface area contributed by atoms with Gasteiger partial charge in [0, 0.05) is 12.2 Å². The maximum atomic E-state index is 12.8. The second kappa shape index (κ2) is 9.41. The molecule has 0 bridgehead atoms. The summed E-state index contributed by atoms with van der Waals surface area (Å²) in [5, 5.41) is 4.42. The van der Waals surface area contributed by atoms with Crippen LogP contribution in [0.25, 0.3) is 0 Å². The van der Waals surface area contributed by atoms with Gasteiger partial charge in [0.25, 0.3) is 0 Å². The Morgan fingerprint density at radius 2 is 1.70 bits per heavy atom. The first-order chi connectivity index (χ1) is 12.8. The number of benzene rings is 2. The van der Waals surface area contributed by atoms with Crippen molar-refractivity contribution in [3.8, 4) is 0 Å². The lowest BCUT2D eigenvalue weighted by molar-refractivity contribution is -0.137. The molecular formula is C19H18ClF3N2O2. The number of aryl methyl sites for hydroxylation is 1. The highest BCUT2D eigenvalue weighted by Crippen LogP contribution is 2.36. The zero-order chi connectivity index (χ0) is 19.9. The van der Waals surface area contributed by atoms with E-state index in [4.69, 9.17) is 11.6 Å². The van der Waals surface area contributed by atoms with E-state index in [0.29, 0.717) is 13.0 Å². The number of nitrogens with one attached hydrogen (secondary N) is 2. The largest absolute Gasteiger partial charge is 0.417 e. The minimum atomic E-state index is -4.63. The molecule has 2 N–H and O–H groups in total. The Morgan fingerprint density at radius 3 is 2.37 bits per heavy atom. The van der Waals surface area contributed by atoms with Gasteiger partial charge in [-0.1, -0.05) is 41.9 Å². The molecule has 2 rings (SSSR count). The van der Waals surface area contributed by atoms with Crippen LogP contribution in [0.2, 0.25) is 5.02 Å². The summed E-state index contributed by atoms with van der Waals surface area (Å²) in [6.07, 6.45) is -3.61. The number of alkyl halides is 3. The molecule has 0 radical (unpaired) electrons. The lowest BCUT2D eigenvalue weighted by Gasteiger charge is -2.12. The number of amides is 2. The number of halogens is 4. The van der Waals surface area contributed by atoms with Crippen molar-refractivity contribution in [3.63, 3.8) is 0 Å². The fourth-order valence-electron chi connectivity index (χ4n) is 2.40. The van der Waals surface area contributed by atoms with Gasteiger partial charge in [0.05, 0.1) is 10.6 Å². The third-order valence-electron chi connectivity index (χ3n) is 3.68. The molecule has 0 aliphatic rings. The summed E-state index contributed by atoms with van der Waals surface area (Å²) in [5.41, 5.74) is 0.0219. The molecule has 0 spiro atoms. The molecule has 144 valence electrons. The number of rotatable bonds is 7. The van der Waals surface area contributed by atoms with Crippen LogP contribution < -0.4 is 10.6 Å². The Morgan fingerprint density at radius 1 is 1.00 bits per heavy atom. The Labute approximate surface area is 159 Å². The number of carbonyl (C=O) groups is 2. The standard InChI is InChI=1S/C19H18ClF3N2O2/c20-16-9-8-14(11-15(16)19(21,22)23)25-18(27)12-17(26)24-10-4-7-13-5-2-1-3-6-13/h1-3,5-6,8-9,11H,4,7,10,12H2,(H,24,26)(H,25,27). The van der Waals surface area contributed by atoms with Gasteiger partial charge in [-0.2, -0.15) is 13.2 Å². The van der Waals surface area contributed by atoms with E-state index in [-0.39, 0.29) is 5.69 Å². The third kappa shape index (κ3) is 6.94. The van der Waals surface area contributed by atoms with Gasteiger partial charge in [0.15, 0.2) is 0 Å². The molecule has 0 aliphatic heterocycles. The molecule has 4 nitrogen and oxygen atoms in total. The van der Waals surface area contributed by atoms with Crippen LogP contribution in [0.5, 0.6) is 0 Å². The number of hydrogen-bond acceptors (Lipinski definition) is 2. The lowest BCUT2D eigenvalue weighted by Crippen LogP contribution is -2.29. The van der Waals surface area contributed by atoms with Crippen molar-refractivity contribution in [2.75, 3.05) is 11.9 Å². The first kappa shape index (κ1) is 20.8. The summed E-state index contributed by atoms with van der Waals surface area (Å²) in [7, 11) is 0. The summed E-state index contributed by atoms with van der Waals surface area (Å²) in [6, 6.07) is 12.8. The maximum Gasteiger partial charge on any atom is 0.417 e. The molecule has 0 aromatic heterocycles. The van der Waals surface area contributed by atoms with E-state index in [1.807, 2.05) is 30.3 Å². The smallest absolute Gasteiger partial charge is 0.356 e. The first-order valence-corrected chi connectivity index (χ1v) is 8.61. The van der Waals surface area contributed by atoms with Gasteiger partial charge < -0.3 is 10.6 Å². The van der Waals surface area contributed by atoms with Crippen molar-refractivity contribution in [3.05, 3.63) is 64.7 Å². The van der Waals surface area contributed by atoms with Gasteiger partial charge in [-0.25, -0.2) is 0 Å². The van der Waals surface area contributed by atoms with Gasteiger partial charge in [0.2, 0.25) is 11.8 Å². The normalized spacial score (nSPS) is 11.1. The van der Waals surface area contributed by atoms with E-state index in [1.54, 1.807) is 0 Å². The van der Waals surface area contributed by atoms with Crippen LogP contribution in [0.3, 0.4) is 0 Å². The van der Waals surface area contributed by atoms with Gasteiger partial charge in [-0.05, 0) is 36.6 Å². The van der Waals surface area contributed by atoms with Gasteiger partial charge >= 0.3 is 6.18 Å². The zero-order valence-electron chi connectivity index (χ0n) is 14.3. The molecule has 2 aromatic rings. The number of carbonyl (C=O) groups excluding carboxylic acids is 2. The minimum Gasteiger partial charge on any atom is -0.356 e. The lowest BCUT2D eigenvalue weighted by atomic mass is 10.1. The molecule has 0 atom stereocenters. The Hall–Kier alpha value is -2.54. The van der Waals surface area contributed by atoms with Crippen molar-refractivity contribution in [1.82, 2.24) is 5.32 Å². The third-order valence-corrected chi connectivity index (χ3v) is 4.01. The summed E-state index contributed by atoms with van der Waals surface area (Å²) in [5.74, 6) is -1.20. The molecule has 2 aromatic carbocycles. The molecule has 0 heterocycles. The van der Waals surface area contributed by atoms with Crippen LogP contribution in [0.15, 0.2) is 48.5 Å². The predicted octanol–water partition coefficient (Wildman–Crippen LogP) is 4.44. The van der Waals surface area contributed by atoms with E-state index in [0.717, 1.165) is 24.1 Å². The summed E-state index contributed by atoms with van der Waals surface area (Å²) < 4.78 is 38.4. The highest BCUT2D eigenvalue weighted by molar-refractivity contribution is 6.31. The molecule has 0 aliphatic carbocycles. The minimum absolute atomic E-state index is 0.0754. The number of hydrogen-bond donors (Lipinski definition) is 2. The highest BCUT2D eigenvalue weighted by Gasteiger charge is 2.33. The second-order valence-electron chi connectivity index (χ2n) is 5.86. The first-order valence-electron chi connectivity index (χ1n) is 8.23. The van der Waals surface area contributed by atoms with Gasteiger partial charge in [-0.3, -0.25) is 9.59 Å². The van der Waals surface area contributed by atoms with Crippen molar-refractivity contribution in [1.29, 1.82) is 0 Å². The summed E-state index contributed by atoms with van der Waals surface area (Å²) in [4.78, 5) is 23.6. The van der Waals surface area contributed by atoms with Gasteiger partial charge in [-0.15, -0.1) is 0 Å². The second-order valence-corrected chi connectivity index (χ2v) is 6.26. The van der Waals surface area contributed by atoms with Crippen molar-refractivity contribution in [2.45, 2.75) is 25.4 Å². The van der Waals surface area contributed by atoms with Crippen LogP contribution in [-0.4, -0.2) is 18.4 Å². The summed E-state index contributed by atoms with van der Waals surface area (Å²) >= 11 is 5.52. The Balaban J connectivity index is 1.77. The van der Waals surface area contributed by atoms with E-state index in [9.17, 15) is 22.8 Å². The quantitative estimate of drug-likeness (QED) is 0.535. The molecule has 0 unspecified atom stereocenters. The van der Waals surface area contributed by atoms with Crippen LogP contribution >= 0.6 is 11.6 Å². The van der Waals surface area contributed by atoms with E-state index < -0.39 is 35.0 Å². The van der Waals surface area contributed by atoms with Crippen molar-refractivity contribution >= 4 is 29.1 Å². The number of anilines is 1. The van der Waals surface area contributed by atoms with Crippen molar-refractivity contribution < 1.29 is 22.8 Å². The molecule has 2 amide bonds. The van der Waals surface area contributed by atoms with Gasteiger partial charge in [0.1, 0.15) is 6.42 Å². The maximum absolute atomic E-state index is 12.8. The van der Waals surface area contributed by atoms with Crippen LogP contribution in [0.1, 0.15) is 24.0 Å². The monoisotopic (exact) mass is 398 g/mol. The Bertz CT molecular complexity index is 795. The zero-order valence-corrected chi connectivity index (χ0v) is 15.0. The predicted molar refractivity (Wildman–Crippen MR) is 97.5 cm³/mol. The van der Waals surface area contributed by atoms with E-state index in [2.05, 4.69) is 10.6 Å². The van der Waals surface area contributed by atoms with Crippen LogP contribution in [0, 0.1) is 0 Å². The SMILES string of the molecule is O=C(CC(=O)Nc1ccc(Cl)c(C(F)(F)F)c1)NCCCc1ccccc1. The average molecular weight is 399 g/mol. The van der Waals surface area contributed by atoms with E-state index >= 15 is 0 Å². The molecule has 8 heteroatoms.